The molecule has 11 rings (SSSR count). The highest BCUT2D eigenvalue weighted by molar-refractivity contribution is 6.20. The first-order chi connectivity index (χ1) is 24.8. The monoisotopic (exact) mass is 639 g/mol. The molecule has 0 unspecified atom stereocenters. The number of fused-ring (bicyclic) bond motifs is 11. The van der Waals surface area contributed by atoms with Gasteiger partial charge in [0.2, 0.25) is 0 Å². The van der Waals surface area contributed by atoms with Crippen LogP contribution in [0.5, 0.6) is 0 Å². The predicted molar refractivity (Wildman–Crippen MR) is 203 cm³/mol. The molecule has 0 saturated carbocycles. The maximum atomic E-state index is 6.35. The van der Waals surface area contributed by atoms with E-state index in [1.165, 1.54) is 10.8 Å². The number of furan rings is 1. The molecule has 0 N–H and O–H groups in total. The molecule has 0 aliphatic carbocycles. The van der Waals surface area contributed by atoms with E-state index in [2.05, 4.69) is 126 Å². The summed E-state index contributed by atoms with van der Waals surface area (Å²) >= 11 is 0. The Balaban J connectivity index is 1.21. The van der Waals surface area contributed by atoms with Crippen molar-refractivity contribution in [1.82, 2.24) is 24.5 Å². The fourth-order valence-corrected chi connectivity index (χ4v) is 7.55. The van der Waals surface area contributed by atoms with Gasteiger partial charge in [-0.2, -0.15) is 0 Å². The van der Waals surface area contributed by atoms with Crippen LogP contribution in [0.1, 0.15) is 0 Å². The molecule has 6 heteroatoms. The zero-order valence-electron chi connectivity index (χ0n) is 26.6. The Morgan fingerprint density at radius 1 is 0.480 bits per heavy atom. The number of para-hydroxylation sites is 1. The lowest BCUT2D eigenvalue weighted by Crippen LogP contribution is -2.01. The Morgan fingerprint density at radius 2 is 1.26 bits per heavy atom. The number of hydrogen-bond donors (Lipinski definition) is 0. The van der Waals surface area contributed by atoms with Crippen molar-refractivity contribution in [2.75, 3.05) is 0 Å². The number of rotatable bonds is 3. The first-order valence-corrected chi connectivity index (χ1v) is 16.6. The molecule has 0 bridgehead atoms. The smallest absolute Gasteiger partial charge is 0.160 e. The van der Waals surface area contributed by atoms with Crippen molar-refractivity contribution in [3.8, 4) is 28.5 Å². The average molecular weight is 640 g/mol. The van der Waals surface area contributed by atoms with Gasteiger partial charge in [0.25, 0.3) is 0 Å². The van der Waals surface area contributed by atoms with Crippen LogP contribution in [0.3, 0.4) is 0 Å². The van der Waals surface area contributed by atoms with Crippen molar-refractivity contribution in [3.05, 3.63) is 152 Å². The molecule has 6 aromatic carbocycles. The maximum absolute atomic E-state index is 6.35. The van der Waals surface area contributed by atoms with E-state index >= 15 is 0 Å². The SMILES string of the molecule is c1ccc(-c2nc(-c3ccc4oc5ccc6ccccc6c5c4c3)c3ccc4ccc(-n5c6ccccc6c6cccnc65)nc4c3n2)cc1. The van der Waals surface area contributed by atoms with Gasteiger partial charge < -0.3 is 4.42 Å². The second kappa shape index (κ2) is 10.3. The third-order valence-corrected chi connectivity index (χ3v) is 9.84. The first-order valence-electron chi connectivity index (χ1n) is 16.6. The molecule has 0 atom stereocenters. The quantitative estimate of drug-likeness (QED) is 0.180. The molecule has 0 aliphatic rings. The second-order valence-electron chi connectivity index (χ2n) is 12.7. The predicted octanol–water partition coefficient (Wildman–Crippen LogP) is 11.1. The van der Waals surface area contributed by atoms with Crippen molar-refractivity contribution in [2.45, 2.75) is 0 Å². The summed E-state index contributed by atoms with van der Waals surface area (Å²) in [4.78, 5) is 20.6. The van der Waals surface area contributed by atoms with Gasteiger partial charge in [-0.25, -0.2) is 19.9 Å². The van der Waals surface area contributed by atoms with E-state index in [0.717, 1.165) is 88.3 Å². The highest BCUT2D eigenvalue weighted by Gasteiger charge is 2.19. The Morgan fingerprint density at radius 3 is 2.20 bits per heavy atom. The fourth-order valence-electron chi connectivity index (χ4n) is 7.55. The Kier molecular flexibility index (Phi) is 5.57. The summed E-state index contributed by atoms with van der Waals surface area (Å²) in [7, 11) is 0. The van der Waals surface area contributed by atoms with Crippen molar-refractivity contribution in [3.63, 3.8) is 0 Å². The summed E-state index contributed by atoms with van der Waals surface area (Å²) in [6.45, 7) is 0. The molecule has 5 aromatic heterocycles. The van der Waals surface area contributed by atoms with Gasteiger partial charge in [0.15, 0.2) is 5.82 Å². The number of hydrogen-bond acceptors (Lipinski definition) is 5. The van der Waals surface area contributed by atoms with Crippen LogP contribution in [-0.2, 0) is 0 Å². The summed E-state index contributed by atoms with van der Waals surface area (Å²) in [5, 5.41) is 8.68. The highest BCUT2D eigenvalue weighted by atomic mass is 16.3. The summed E-state index contributed by atoms with van der Waals surface area (Å²) in [5.74, 6) is 1.43. The molecule has 6 nitrogen and oxygen atoms in total. The first kappa shape index (κ1) is 27.1. The largest absolute Gasteiger partial charge is 0.456 e. The van der Waals surface area contributed by atoms with E-state index in [1.807, 2.05) is 30.5 Å². The van der Waals surface area contributed by atoms with Crippen molar-refractivity contribution >= 4 is 76.5 Å². The third-order valence-electron chi connectivity index (χ3n) is 9.84. The van der Waals surface area contributed by atoms with E-state index < -0.39 is 0 Å². The van der Waals surface area contributed by atoms with E-state index in [4.69, 9.17) is 24.4 Å². The minimum atomic E-state index is 0.647. The lowest BCUT2D eigenvalue weighted by atomic mass is 9.99. The lowest BCUT2D eigenvalue weighted by molar-refractivity contribution is 0.669. The number of pyridine rings is 2. The molecule has 11 aromatic rings. The number of aromatic nitrogens is 5. The minimum Gasteiger partial charge on any atom is -0.456 e. The van der Waals surface area contributed by atoms with Crippen LogP contribution in [0.4, 0.5) is 0 Å². The van der Waals surface area contributed by atoms with Crippen molar-refractivity contribution < 1.29 is 4.42 Å². The maximum Gasteiger partial charge on any atom is 0.160 e. The van der Waals surface area contributed by atoms with Gasteiger partial charge in [-0.3, -0.25) is 4.57 Å². The van der Waals surface area contributed by atoms with E-state index in [1.54, 1.807) is 0 Å². The van der Waals surface area contributed by atoms with Gasteiger partial charge in [-0.15, -0.1) is 0 Å². The van der Waals surface area contributed by atoms with Gasteiger partial charge in [0.1, 0.15) is 28.1 Å². The summed E-state index contributed by atoms with van der Waals surface area (Å²) in [6.07, 6.45) is 1.84. The normalized spacial score (nSPS) is 12.0. The Labute approximate surface area is 284 Å². The van der Waals surface area contributed by atoms with Crippen molar-refractivity contribution in [1.29, 1.82) is 0 Å². The van der Waals surface area contributed by atoms with Crippen LogP contribution in [0, 0.1) is 0 Å². The van der Waals surface area contributed by atoms with Crippen LogP contribution < -0.4 is 0 Å². The van der Waals surface area contributed by atoms with E-state index in [9.17, 15) is 0 Å². The standard InChI is InChI=1S/C44H25N5O/c1-2-10-28(11-3-1)43-47-40(29-18-21-36-34(25-29)39-30-12-5-4-9-26(30)17-22-37(39)50-36)33-20-16-27-19-23-38(46-41(27)42(33)48-43)49-35-15-7-6-13-31(35)32-14-8-24-45-44(32)49/h1-25H. The van der Waals surface area contributed by atoms with Crippen LogP contribution in [0.25, 0.3) is 105 Å². The number of nitrogens with zero attached hydrogens (tertiary/aromatic N) is 5. The fraction of sp³-hybridized carbons (Fsp3) is 0. The van der Waals surface area contributed by atoms with Crippen molar-refractivity contribution in [2.24, 2.45) is 0 Å². The average Bonchev–Trinajstić information content (AvgIpc) is 3.73. The third kappa shape index (κ3) is 3.90. The number of benzene rings is 6. The van der Waals surface area contributed by atoms with Gasteiger partial charge in [-0.05, 0) is 71.4 Å². The van der Waals surface area contributed by atoms with Gasteiger partial charge >= 0.3 is 0 Å². The molecule has 0 amide bonds. The zero-order valence-corrected chi connectivity index (χ0v) is 26.6. The molecule has 232 valence electrons. The Bertz CT molecular complexity index is 3110. The van der Waals surface area contributed by atoms with Crippen LogP contribution >= 0.6 is 0 Å². The Hall–Kier alpha value is -6.92. The molecule has 0 spiro atoms. The highest BCUT2D eigenvalue weighted by Crippen LogP contribution is 2.39. The molecule has 0 saturated heterocycles. The summed E-state index contributed by atoms with van der Waals surface area (Å²) in [6, 6.07) is 50.1. The summed E-state index contributed by atoms with van der Waals surface area (Å²) < 4.78 is 8.49. The minimum absolute atomic E-state index is 0.647. The molecule has 0 fully saturated rings. The topological polar surface area (TPSA) is 69.6 Å². The van der Waals surface area contributed by atoms with Gasteiger partial charge in [0.05, 0.1) is 16.7 Å². The van der Waals surface area contributed by atoms with Crippen LogP contribution in [-0.4, -0.2) is 24.5 Å². The molecule has 5 heterocycles. The van der Waals surface area contributed by atoms with Crippen LogP contribution in [0.2, 0.25) is 0 Å². The molecule has 0 aliphatic heterocycles. The van der Waals surface area contributed by atoms with Crippen LogP contribution in [0.15, 0.2) is 156 Å². The van der Waals surface area contributed by atoms with Gasteiger partial charge in [-0.1, -0.05) is 84.9 Å². The molecule has 50 heavy (non-hydrogen) atoms. The lowest BCUT2D eigenvalue weighted by Gasteiger charge is -2.13. The molecule has 0 radical (unpaired) electrons. The molecular weight excluding hydrogens is 615 g/mol. The molecular formula is C44H25N5O. The zero-order chi connectivity index (χ0) is 32.8. The summed E-state index contributed by atoms with van der Waals surface area (Å²) in [5.41, 5.74) is 8.02. The van der Waals surface area contributed by atoms with Gasteiger partial charge in [0, 0.05) is 49.6 Å². The van der Waals surface area contributed by atoms with E-state index in [0.29, 0.717) is 5.82 Å². The second-order valence-corrected chi connectivity index (χ2v) is 12.7. The van der Waals surface area contributed by atoms with E-state index in [-0.39, 0.29) is 0 Å².